The van der Waals surface area contributed by atoms with Gasteiger partial charge in [0.25, 0.3) is 0 Å². The summed E-state index contributed by atoms with van der Waals surface area (Å²) in [4.78, 5) is 2.98. The van der Waals surface area contributed by atoms with Gasteiger partial charge in [-0.3, -0.25) is 4.90 Å². The van der Waals surface area contributed by atoms with Crippen molar-refractivity contribution in [3.63, 3.8) is 0 Å². The third kappa shape index (κ3) is 5.92. The summed E-state index contributed by atoms with van der Waals surface area (Å²) in [6, 6.07) is 15.8. The van der Waals surface area contributed by atoms with Crippen LogP contribution in [0, 0.1) is 12.8 Å². The zero-order valence-electron chi connectivity index (χ0n) is 20.9. The van der Waals surface area contributed by atoms with Gasteiger partial charge in [0.1, 0.15) is 5.75 Å². The Labute approximate surface area is 211 Å². The van der Waals surface area contributed by atoms with Crippen LogP contribution in [-0.2, 0) is 10.0 Å². The molecule has 0 radical (unpaired) electrons. The van der Waals surface area contributed by atoms with Crippen LogP contribution < -0.4 is 4.72 Å². The Bertz CT molecular complexity index is 1080. The van der Waals surface area contributed by atoms with Gasteiger partial charge in [-0.1, -0.05) is 61.9 Å². The molecule has 190 valence electrons. The molecule has 2 aromatic carbocycles. The highest BCUT2D eigenvalue weighted by atomic mass is 32.2. The summed E-state index contributed by atoms with van der Waals surface area (Å²) < 4.78 is 29.8. The lowest BCUT2D eigenvalue weighted by Crippen LogP contribution is -2.51. The van der Waals surface area contributed by atoms with Crippen molar-refractivity contribution in [1.82, 2.24) is 9.62 Å². The number of fused-ring (bicyclic) bond motifs is 2. The molecule has 2 N–H and O–H groups in total. The molecule has 4 atom stereocenters. The molecule has 2 saturated heterocycles. The number of nitrogens with zero attached hydrogens (tertiary/aromatic N) is 1. The lowest BCUT2D eigenvalue weighted by molar-refractivity contribution is 0.110. The smallest absolute Gasteiger partial charge is 0.240 e. The van der Waals surface area contributed by atoms with Crippen molar-refractivity contribution < 1.29 is 13.5 Å². The zero-order chi connectivity index (χ0) is 24.4. The van der Waals surface area contributed by atoms with Gasteiger partial charge < -0.3 is 5.11 Å². The number of phenols is 1. The van der Waals surface area contributed by atoms with Crippen LogP contribution in [0.15, 0.2) is 53.4 Å². The van der Waals surface area contributed by atoms with E-state index in [1.165, 1.54) is 50.5 Å². The van der Waals surface area contributed by atoms with Crippen molar-refractivity contribution in [3.8, 4) is 5.75 Å². The summed E-state index contributed by atoms with van der Waals surface area (Å²) in [5.74, 6) is 1.42. The second-order valence-corrected chi connectivity index (χ2v) is 12.9. The van der Waals surface area contributed by atoms with Crippen LogP contribution >= 0.6 is 0 Å². The summed E-state index contributed by atoms with van der Waals surface area (Å²) in [6.45, 7) is 2.77. The Morgan fingerprint density at radius 1 is 0.971 bits per heavy atom. The molecule has 5 rings (SSSR count). The second-order valence-electron chi connectivity index (χ2n) is 11.2. The Kier molecular flexibility index (Phi) is 7.52. The molecule has 2 bridgehead atoms. The molecule has 0 amide bonds. The van der Waals surface area contributed by atoms with Gasteiger partial charge in [-0.15, -0.1) is 0 Å². The van der Waals surface area contributed by atoms with Gasteiger partial charge in [0.2, 0.25) is 10.0 Å². The quantitative estimate of drug-likeness (QED) is 0.490. The molecule has 2 aliphatic heterocycles. The second kappa shape index (κ2) is 10.6. The van der Waals surface area contributed by atoms with Crippen LogP contribution in [-0.4, -0.2) is 43.1 Å². The largest absolute Gasteiger partial charge is 0.508 e. The number of piperidine rings is 1. The molecule has 5 nitrogen and oxygen atoms in total. The van der Waals surface area contributed by atoms with Gasteiger partial charge in [-0.25, -0.2) is 13.1 Å². The fraction of sp³-hybridized carbons (Fsp3) is 0.586. The van der Waals surface area contributed by atoms with Gasteiger partial charge >= 0.3 is 0 Å². The maximum Gasteiger partial charge on any atom is 0.240 e. The van der Waals surface area contributed by atoms with E-state index in [9.17, 15) is 13.5 Å². The van der Waals surface area contributed by atoms with Gasteiger partial charge in [-0.05, 0) is 80.7 Å². The van der Waals surface area contributed by atoms with Crippen molar-refractivity contribution >= 4 is 10.0 Å². The van der Waals surface area contributed by atoms with Crippen molar-refractivity contribution in [2.75, 3.05) is 6.54 Å². The average molecular weight is 497 g/mol. The van der Waals surface area contributed by atoms with Crippen LogP contribution in [0.1, 0.15) is 81.3 Å². The third-order valence-electron chi connectivity index (χ3n) is 8.65. The van der Waals surface area contributed by atoms with Crippen molar-refractivity contribution in [3.05, 3.63) is 59.7 Å². The number of rotatable bonds is 8. The average Bonchev–Trinajstić information content (AvgIpc) is 3.06. The van der Waals surface area contributed by atoms with E-state index >= 15 is 0 Å². The van der Waals surface area contributed by atoms with E-state index < -0.39 is 10.0 Å². The fourth-order valence-corrected chi connectivity index (χ4v) is 8.11. The molecule has 2 aromatic rings. The number of phenolic OH excluding ortho intramolecular Hbond substituents is 1. The highest BCUT2D eigenvalue weighted by Crippen LogP contribution is 2.44. The minimum atomic E-state index is -3.56. The molecule has 1 unspecified atom stereocenters. The molecule has 1 saturated carbocycles. The van der Waals surface area contributed by atoms with Crippen LogP contribution in [0.3, 0.4) is 0 Å². The lowest BCUT2D eigenvalue weighted by Gasteiger charge is -2.41. The zero-order valence-corrected chi connectivity index (χ0v) is 21.7. The van der Waals surface area contributed by atoms with Crippen LogP contribution in [0.25, 0.3) is 0 Å². The number of hydrogen-bond acceptors (Lipinski definition) is 4. The molecule has 2 heterocycles. The summed E-state index contributed by atoms with van der Waals surface area (Å²) in [5.41, 5.74) is 2.30. The number of hydrogen-bond donors (Lipinski definition) is 2. The Hall–Kier alpha value is -1.89. The summed E-state index contributed by atoms with van der Waals surface area (Å²) in [6.07, 6.45) is 11.7. The van der Waals surface area contributed by atoms with E-state index in [1.807, 2.05) is 31.2 Å². The van der Waals surface area contributed by atoms with E-state index in [-0.39, 0.29) is 6.04 Å². The first-order valence-corrected chi connectivity index (χ1v) is 15.0. The fourth-order valence-electron chi connectivity index (χ4n) is 6.87. The van der Waals surface area contributed by atoms with Crippen molar-refractivity contribution in [1.29, 1.82) is 0 Å². The first-order chi connectivity index (χ1) is 16.9. The number of aryl methyl sites for hydroxylation is 1. The minimum Gasteiger partial charge on any atom is -0.508 e. The summed E-state index contributed by atoms with van der Waals surface area (Å²) >= 11 is 0. The molecule has 0 spiro atoms. The van der Waals surface area contributed by atoms with Gasteiger partial charge in [0, 0.05) is 24.7 Å². The van der Waals surface area contributed by atoms with Gasteiger partial charge in [0.05, 0.1) is 4.90 Å². The first-order valence-electron chi connectivity index (χ1n) is 13.5. The Balaban J connectivity index is 1.31. The summed E-state index contributed by atoms with van der Waals surface area (Å²) in [5, 5.41) is 9.96. The molecule has 6 heteroatoms. The van der Waals surface area contributed by atoms with E-state index in [2.05, 4.69) is 15.7 Å². The van der Waals surface area contributed by atoms with E-state index in [1.54, 1.807) is 18.2 Å². The van der Waals surface area contributed by atoms with E-state index in [0.717, 1.165) is 31.4 Å². The maximum atomic E-state index is 13.3. The van der Waals surface area contributed by atoms with Crippen LogP contribution in [0.4, 0.5) is 0 Å². The maximum absolute atomic E-state index is 13.3. The van der Waals surface area contributed by atoms with Gasteiger partial charge in [-0.2, -0.15) is 0 Å². The number of sulfonamides is 1. The predicted molar refractivity (Wildman–Crippen MR) is 140 cm³/mol. The first kappa shape index (κ1) is 24.8. The standard InChI is InChI=1S/C29H40N2O3S/c1-21-10-14-29(15-11-21)35(33,34)30-25(16-22-6-3-2-4-7-22)20-31-26-12-13-27(31)18-24(17-26)23-8-5-9-28(32)19-23/h5,8-11,14-15,19,22,24-27,30,32H,2-4,6-7,12-13,16-18,20H2,1H3/t24-,25?,26+,27-. The van der Waals surface area contributed by atoms with E-state index in [4.69, 9.17) is 0 Å². The highest BCUT2D eigenvalue weighted by Gasteiger charge is 2.42. The van der Waals surface area contributed by atoms with Crippen LogP contribution in [0.5, 0.6) is 5.75 Å². The SMILES string of the molecule is Cc1ccc(S(=O)(=O)NC(CC2CCCCC2)CN2[C@@H]3CC[C@H]2C[C@@H](c2cccc(O)c2)C3)cc1. The Morgan fingerprint density at radius 2 is 1.66 bits per heavy atom. The topological polar surface area (TPSA) is 69.6 Å². The molecule has 1 aliphatic carbocycles. The monoisotopic (exact) mass is 496 g/mol. The van der Waals surface area contributed by atoms with Crippen LogP contribution in [0.2, 0.25) is 0 Å². The molecular weight excluding hydrogens is 456 g/mol. The summed E-state index contributed by atoms with van der Waals surface area (Å²) in [7, 11) is -3.56. The molecule has 0 aromatic heterocycles. The number of benzene rings is 2. The number of aromatic hydroxyl groups is 1. The Morgan fingerprint density at radius 3 is 2.31 bits per heavy atom. The lowest BCUT2D eigenvalue weighted by atomic mass is 9.83. The predicted octanol–water partition coefficient (Wildman–Crippen LogP) is 5.73. The van der Waals surface area contributed by atoms with E-state index in [0.29, 0.717) is 34.6 Å². The van der Waals surface area contributed by atoms with Gasteiger partial charge in [0.15, 0.2) is 0 Å². The molecule has 35 heavy (non-hydrogen) atoms. The normalized spacial score (nSPS) is 26.6. The van der Waals surface area contributed by atoms with Crippen molar-refractivity contribution in [2.45, 2.75) is 100 Å². The van der Waals surface area contributed by atoms with Crippen molar-refractivity contribution in [2.24, 2.45) is 5.92 Å². The number of nitrogens with one attached hydrogen (secondary N) is 1. The minimum absolute atomic E-state index is 0.0650. The molecular formula is C29H40N2O3S. The molecule has 3 aliphatic rings. The highest BCUT2D eigenvalue weighted by molar-refractivity contribution is 7.89. The molecule has 3 fully saturated rings. The third-order valence-corrected chi connectivity index (χ3v) is 10.2.